The predicted octanol–water partition coefficient (Wildman–Crippen LogP) is 1.87. The lowest BCUT2D eigenvalue weighted by Gasteiger charge is -2.30. The normalized spacial score (nSPS) is 13.8. The Morgan fingerprint density at radius 3 is 2.18 bits per heavy atom. The highest BCUT2D eigenvalue weighted by atomic mass is 35.5. The predicted molar refractivity (Wildman–Crippen MR) is 223 cm³/mol. The largest absolute Gasteiger partial charge is 0.394 e. The van der Waals surface area contributed by atoms with Gasteiger partial charge in [-0.1, -0.05) is 74.2 Å². The molecular weight excluding hydrogens is 787 g/mol. The van der Waals surface area contributed by atoms with Crippen LogP contribution in [0.1, 0.15) is 70.1 Å². The maximum Gasteiger partial charge on any atom is 0.273 e. The van der Waals surface area contributed by atoms with Crippen molar-refractivity contribution in [3.8, 4) is 0 Å². The Morgan fingerprint density at radius 1 is 0.839 bits per heavy atom. The number of carbonyl (C=O) groups is 2. The number of nitrogens with one attached hydrogen (secondary N) is 3. The first-order valence-corrected chi connectivity index (χ1v) is 18.8. The van der Waals surface area contributed by atoms with E-state index in [-0.39, 0.29) is 72.2 Å². The van der Waals surface area contributed by atoms with Crippen LogP contribution in [0.2, 0.25) is 5.15 Å². The summed E-state index contributed by atoms with van der Waals surface area (Å²) in [7, 11) is 0. The number of benzene rings is 2. The molecule has 0 aliphatic rings. The van der Waals surface area contributed by atoms with Gasteiger partial charge in [-0.3, -0.25) is 14.5 Å². The van der Waals surface area contributed by atoms with Gasteiger partial charge in [0.2, 0.25) is 0 Å². The van der Waals surface area contributed by atoms with E-state index in [1.165, 1.54) is 0 Å². The Kier molecular flexibility index (Phi) is 24.0. The van der Waals surface area contributed by atoms with Crippen LogP contribution in [0.4, 0.5) is 11.6 Å². The number of hydrogen-bond donors (Lipinski definition) is 10. The fourth-order valence-electron chi connectivity index (χ4n) is 5.91. The van der Waals surface area contributed by atoms with Gasteiger partial charge in [-0.15, -0.1) is 24.8 Å². The number of nitrogens with zero attached hydrogens (tertiary/aromatic N) is 3. The number of aliphatic hydroxyl groups is 5. The Balaban J connectivity index is 0.00000784. The zero-order chi connectivity index (χ0) is 39.6. The van der Waals surface area contributed by atoms with Crippen molar-refractivity contribution in [2.24, 2.45) is 5.92 Å². The van der Waals surface area contributed by atoms with Gasteiger partial charge in [-0.2, -0.15) is 0 Å². The third kappa shape index (κ3) is 16.6. The van der Waals surface area contributed by atoms with E-state index in [4.69, 9.17) is 28.2 Å². The fourth-order valence-corrected chi connectivity index (χ4v) is 6.04. The standard InChI is InChI=1S/C38H57ClN8O7.2ClH/c1-3-4-5-8-16-47(22-29(49)32(51)33(52)30(50)23-48)17-15-43-37(53)27-13-11-25(12-14-27)19-42-20-26(18-28-10-7-6-9-24(28)2)21-44-38(54)31-35(40)46-36(41)34(39)45-31;;/h6-7,9-14,26,29-30,32-33,42,48-52H,3-5,8,15-23H2,1-2H3,(H,43,53)(H,44,54)(H4,40,41,46);2*1H. The molecule has 12 N–H and O–H groups in total. The average molecular weight is 846 g/mol. The number of aromatic nitrogens is 2. The number of rotatable bonds is 24. The number of nitrogen functional groups attached to an aromatic ring is 2. The van der Waals surface area contributed by atoms with Crippen LogP contribution in [0.5, 0.6) is 0 Å². The van der Waals surface area contributed by atoms with Crippen molar-refractivity contribution >= 4 is 59.9 Å². The van der Waals surface area contributed by atoms with Gasteiger partial charge < -0.3 is 53.0 Å². The van der Waals surface area contributed by atoms with Gasteiger partial charge in [0, 0.05) is 44.8 Å². The first-order chi connectivity index (χ1) is 25.8. The maximum atomic E-state index is 13.0. The number of halogens is 3. The summed E-state index contributed by atoms with van der Waals surface area (Å²) in [6, 6.07) is 15.3. The van der Waals surface area contributed by atoms with Crippen LogP contribution in [-0.2, 0) is 13.0 Å². The van der Waals surface area contributed by atoms with E-state index in [0.717, 1.165) is 42.4 Å². The summed E-state index contributed by atoms with van der Waals surface area (Å²) in [5, 5.41) is 58.7. The highest BCUT2D eigenvalue weighted by Crippen LogP contribution is 2.18. The molecule has 5 atom stereocenters. The lowest BCUT2D eigenvalue weighted by atomic mass is 9.95. The Hall–Kier alpha value is -3.35. The molecule has 0 saturated heterocycles. The number of unbranched alkanes of at least 4 members (excludes halogenated alkanes) is 3. The summed E-state index contributed by atoms with van der Waals surface area (Å²) in [6.45, 7) is 6.12. The number of hydrogen-bond acceptors (Lipinski definition) is 13. The van der Waals surface area contributed by atoms with Crippen molar-refractivity contribution in [3.05, 3.63) is 81.6 Å². The van der Waals surface area contributed by atoms with Gasteiger partial charge >= 0.3 is 0 Å². The molecule has 18 heteroatoms. The second kappa shape index (κ2) is 26.5. The number of anilines is 2. The molecule has 56 heavy (non-hydrogen) atoms. The van der Waals surface area contributed by atoms with Gasteiger partial charge in [0.1, 0.15) is 18.3 Å². The Bertz CT molecular complexity index is 1610. The molecule has 0 bridgehead atoms. The average Bonchev–Trinajstić information content (AvgIpc) is 3.16. The summed E-state index contributed by atoms with van der Waals surface area (Å²) in [6.07, 6.45) is -1.64. The molecule has 3 aromatic rings. The number of aryl methyl sites for hydroxylation is 1. The summed E-state index contributed by atoms with van der Waals surface area (Å²) in [5.74, 6) is -0.916. The van der Waals surface area contributed by atoms with Crippen molar-refractivity contribution < 1.29 is 35.1 Å². The van der Waals surface area contributed by atoms with E-state index >= 15 is 0 Å². The minimum absolute atomic E-state index is 0. The molecule has 0 spiro atoms. The number of carbonyl (C=O) groups excluding carboxylic acids is 2. The molecular formula is C38H59Cl3N8O7. The second-order valence-corrected chi connectivity index (χ2v) is 13.9. The smallest absolute Gasteiger partial charge is 0.273 e. The molecule has 0 aliphatic heterocycles. The van der Waals surface area contributed by atoms with E-state index in [2.05, 4.69) is 38.9 Å². The zero-order valence-corrected chi connectivity index (χ0v) is 34.3. The number of nitrogens with two attached hydrogens (primary N) is 2. The summed E-state index contributed by atoms with van der Waals surface area (Å²) in [4.78, 5) is 35.7. The minimum atomic E-state index is -1.70. The van der Waals surface area contributed by atoms with Gasteiger partial charge in [0.25, 0.3) is 11.8 Å². The van der Waals surface area contributed by atoms with Crippen molar-refractivity contribution in [2.75, 3.05) is 57.3 Å². The molecule has 1 aromatic heterocycles. The third-order valence-electron chi connectivity index (χ3n) is 9.23. The van der Waals surface area contributed by atoms with E-state index in [0.29, 0.717) is 44.7 Å². The van der Waals surface area contributed by atoms with Crippen LogP contribution in [0.15, 0.2) is 48.5 Å². The van der Waals surface area contributed by atoms with Gasteiger partial charge in [-0.25, -0.2) is 9.97 Å². The monoisotopic (exact) mass is 844 g/mol. The molecule has 314 valence electrons. The van der Waals surface area contributed by atoms with Gasteiger partial charge in [0.05, 0.1) is 12.7 Å². The molecule has 2 amide bonds. The molecule has 5 unspecified atom stereocenters. The minimum Gasteiger partial charge on any atom is -0.394 e. The highest BCUT2D eigenvalue weighted by molar-refractivity contribution is 6.31. The van der Waals surface area contributed by atoms with Crippen LogP contribution >= 0.6 is 36.4 Å². The van der Waals surface area contributed by atoms with E-state index < -0.39 is 36.9 Å². The lowest BCUT2D eigenvalue weighted by molar-refractivity contribution is -0.119. The first-order valence-electron chi connectivity index (χ1n) is 18.4. The Morgan fingerprint density at radius 2 is 1.52 bits per heavy atom. The van der Waals surface area contributed by atoms with Gasteiger partial charge in [-0.05, 0) is 61.1 Å². The molecule has 1 heterocycles. The summed E-state index contributed by atoms with van der Waals surface area (Å²) >= 11 is 5.97. The highest BCUT2D eigenvalue weighted by Gasteiger charge is 2.31. The quantitative estimate of drug-likeness (QED) is 0.0579. The van der Waals surface area contributed by atoms with Crippen LogP contribution in [0.3, 0.4) is 0 Å². The molecule has 0 radical (unpaired) electrons. The molecule has 0 saturated carbocycles. The number of aliphatic hydroxyl groups excluding tert-OH is 5. The molecule has 15 nitrogen and oxygen atoms in total. The van der Waals surface area contributed by atoms with Crippen LogP contribution in [0.25, 0.3) is 0 Å². The molecule has 3 rings (SSSR count). The van der Waals surface area contributed by atoms with E-state index in [9.17, 15) is 30.0 Å². The lowest BCUT2D eigenvalue weighted by Crippen LogP contribution is -2.50. The Labute approximate surface area is 346 Å². The zero-order valence-electron chi connectivity index (χ0n) is 31.9. The fraction of sp³-hybridized carbons (Fsp3) is 0.526. The third-order valence-corrected chi connectivity index (χ3v) is 9.51. The SMILES string of the molecule is CCCCCCN(CCNC(=O)c1ccc(CNCC(CNC(=O)c2nc(Cl)c(N)nc2N)Cc2ccccc2C)cc1)CC(O)C(O)C(O)C(O)CO.Cl.Cl. The molecule has 2 aromatic carbocycles. The topological polar surface area (TPSA) is 252 Å². The number of amides is 2. The van der Waals surface area contributed by atoms with Crippen molar-refractivity contribution in [1.29, 1.82) is 0 Å². The second-order valence-electron chi connectivity index (χ2n) is 13.6. The maximum absolute atomic E-state index is 13.0. The van der Waals surface area contributed by atoms with Crippen LogP contribution in [0, 0.1) is 12.8 Å². The summed E-state index contributed by atoms with van der Waals surface area (Å²) < 4.78 is 0. The molecule has 0 aliphatic carbocycles. The molecule has 0 fully saturated rings. The van der Waals surface area contributed by atoms with Crippen molar-refractivity contribution in [3.63, 3.8) is 0 Å². The van der Waals surface area contributed by atoms with Crippen LogP contribution in [-0.4, -0.2) is 123 Å². The van der Waals surface area contributed by atoms with Crippen molar-refractivity contribution in [2.45, 2.75) is 76.9 Å². The van der Waals surface area contributed by atoms with Crippen molar-refractivity contribution in [1.82, 2.24) is 30.8 Å². The first kappa shape index (κ1) is 50.7. The summed E-state index contributed by atoms with van der Waals surface area (Å²) in [5.41, 5.74) is 15.2. The van der Waals surface area contributed by atoms with E-state index in [1.807, 2.05) is 42.2 Å². The van der Waals surface area contributed by atoms with Gasteiger partial charge in [0.15, 0.2) is 22.5 Å². The van der Waals surface area contributed by atoms with E-state index in [1.54, 1.807) is 12.1 Å². The van der Waals surface area contributed by atoms with Crippen LogP contribution < -0.4 is 27.4 Å².